The van der Waals surface area contributed by atoms with Crippen LogP contribution >= 0.6 is 35.6 Å². The van der Waals surface area contributed by atoms with Crippen LogP contribution in [0.25, 0.3) is 0 Å². The molecule has 0 atom stereocenters. The van der Waals surface area contributed by atoms with Crippen molar-refractivity contribution in [3.05, 3.63) is 28.2 Å². The van der Waals surface area contributed by atoms with Gasteiger partial charge in [0.2, 0.25) is 5.91 Å². The van der Waals surface area contributed by atoms with E-state index in [1.807, 2.05) is 11.9 Å². The summed E-state index contributed by atoms with van der Waals surface area (Å²) < 4.78 is 5.59. The van der Waals surface area contributed by atoms with Crippen molar-refractivity contribution in [2.45, 2.75) is 31.7 Å². The molecule has 0 unspecified atom stereocenters. The molecule has 0 saturated carbocycles. The van der Waals surface area contributed by atoms with Gasteiger partial charge in [0.05, 0.1) is 11.6 Å². The third-order valence-corrected chi connectivity index (χ3v) is 4.77. The van der Waals surface area contributed by atoms with Crippen LogP contribution in [0.15, 0.2) is 18.2 Å². The van der Waals surface area contributed by atoms with E-state index >= 15 is 0 Å². The molecule has 23 heavy (non-hydrogen) atoms. The molecule has 2 rings (SSSR count). The van der Waals surface area contributed by atoms with Gasteiger partial charge in [0.1, 0.15) is 10.8 Å². The maximum atomic E-state index is 12.1. The Kier molecular flexibility index (Phi) is 9.07. The zero-order chi connectivity index (χ0) is 15.9. The van der Waals surface area contributed by atoms with Crippen LogP contribution < -0.4 is 10.1 Å². The van der Waals surface area contributed by atoms with Crippen molar-refractivity contribution < 1.29 is 9.53 Å². The molecule has 130 valence electrons. The number of benzene rings is 1. The molecule has 0 bridgehead atoms. The molecule has 0 radical (unpaired) electrons. The Morgan fingerprint density at radius 3 is 2.70 bits per heavy atom. The normalized spacial score (nSPS) is 15.2. The maximum absolute atomic E-state index is 12.1. The van der Waals surface area contributed by atoms with Gasteiger partial charge in [-0.1, -0.05) is 29.3 Å². The largest absolute Gasteiger partial charge is 0.492 e. The summed E-state index contributed by atoms with van der Waals surface area (Å²) in [5.41, 5.74) is 0. The van der Waals surface area contributed by atoms with E-state index in [0.29, 0.717) is 41.3 Å². The van der Waals surface area contributed by atoms with Crippen molar-refractivity contribution in [2.24, 2.45) is 0 Å². The zero-order valence-electron chi connectivity index (χ0n) is 13.2. The number of piperidine rings is 1. The highest BCUT2D eigenvalue weighted by molar-refractivity contribution is 6.42. The number of carbonyl (C=O) groups is 1. The Morgan fingerprint density at radius 2 is 2.04 bits per heavy atom. The van der Waals surface area contributed by atoms with Crippen molar-refractivity contribution in [2.75, 3.05) is 26.7 Å². The molecule has 1 saturated heterocycles. The molecule has 1 amide bonds. The van der Waals surface area contributed by atoms with Crippen molar-refractivity contribution in [1.82, 2.24) is 10.2 Å². The van der Waals surface area contributed by atoms with E-state index in [1.54, 1.807) is 18.2 Å². The fraction of sp³-hybridized carbons (Fsp3) is 0.562. The first-order chi connectivity index (χ1) is 10.6. The van der Waals surface area contributed by atoms with Gasteiger partial charge in [0, 0.05) is 25.6 Å². The molecular formula is C16H23Cl3N2O2. The van der Waals surface area contributed by atoms with Crippen LogP contribution in [0.1, 0.15) is 25.7 Å². The summed E-state index contributed by atoms with van der Waals surface area (Å²) in [5.74, 6) is 0.770. The standard InChI is InChI=1S/C16H22Cl2N2O2.ClH/c1-19-12-7-9-20(10-8-12)15(21)6-3-11-22-14-5-2-4-13(17)16(14)18;/h2,4-5,12,19H,3,6-11H2,1H3;1H. The summed E-state index contributed by atoms with van der Waals surface area (Å²) in [7, 11) is 1.97. The second-order valence-corrected chi connectivity index (χ2v) is 6.23. The third kappa shape index (κ3) is 6.03. The van der Waals surface area contributed by atoms with Gasteiger partial charge in [0.15, 0.2) is 0 Å². The summed E-state index contributed by atoms with van der Waals surface area (Å²) in [6, 6.07) is 5.83. The molecule has 1 aromatic rings. The first-order valence-corrected chi connectivity index (χ1v) is 8.39. The lowest BCUT2D eigenvalue weighted by Crippen LogP contribution is -2.43. The summed E-state index contributed by atoms with van der Waals surface area (Å²) >= 11 is 12.0. The van der Waals surface area contributed by atoms with Crippen LogP contribution in [0, 0.1) is 0 Å². The van der Waals surface area contributed by atoms with Gasteiger partial charge < -0.3 is 15.0 Å². The first-order valence-electron chi connectivity index (χ1n) is 7.63. The number of halogens is 3. The smallest absolute Gasteiger partial charge is 0.222 e. The van der Waals surface area contributed by atoms with E-state index in [-0.39, 0.29) is 18.3 Å². The monoisotopic (exact) mass is 380 g/mol. The molecule has 1 aliphatic rings. The summed E-state index contributed by atoms with van der Waals surface area (Å²) in [6.07, 6.45) is 3.23. The predicted molar refractivity (Wildman–Crippen MR) is 97.1 cm³/mol. The molecule has 7 heteroatoms. The highest BCUT2D eigenvalue weighted by atomic mass is 35.5. The average Bonchev–Trinajstić information content (AvgIpc) is 2.55. The maximum Gasteiger partial charge on any atom is 0.222 e. The van der Waals surface area contributed by atoms with E-state index < -0.39 is 0 Å². The van der Waals surface area contributed by atoms with Crippen molar-refractivity contribution in [3.8, 4) is 5.75 Å². The fourth-order valence-corrected chi connectivity index (χ4v) is 2.92. The zero-order valence-corrected chi connectivity index (χ0v) is 15.5. The molecular weight excluding hydrogens is 359 g/mol. The van der Waals surface area contributed by atoms with Crippen molar-refractivity contribution >= 4 is 41.5 Å². The summed E-state index contributed by atoms with van der Waals surface area (Å²) in [6.45, 7) is 2.13. The highest BCUT2D eigenvalue weighted by Gasteiger charge is 2.21. The van der Waals surface area contributed by atoms with Gasteiger partial charge in [-0.25, -0.2) is 0 Å². The van der Waals surface area contributed by atoms with Crippen LogP contribution in [0.4, 0.5) is 0 Å². The molecule has 0 aliphatic carbocycles. The Balaban J connectivity index is 0.00000264. The minimum absolute atomic E-state index is 0. The van der Waals surface area contributed by atoms with Crippen LogP contribution in [0.3, 0.4) is 0 Å². The Morgan fingerprint density at radius 1 is 1.35 bits per heavy atom. The van der Waals surface area contributed by atoms with E-state index in [4.69, 9.17) is 27.9 Å². The minimum Gasteiger partial charge on any atom is -0.492 e. The summed E-state index contributed by atoms with van der Waals surface area (Å²) in [4.78, 5) is 14.1. The van der Waals surface area contributed by atoms with E-state index in [2.05, 4.69) is 5.32 Å². The molecule has 1 fully saturated rings. The number of likely N-dealkylation sites (tertiary alicyclic amines) is 1. The van der Waals surface area contributed by atoms with E-state index in [1.165, 1.54) is 0 Å². The lowest BCUT2D eigenvalue weighted by Gasteiger charge is -2.31. The van der Waals surface area contributed by atoms with E-state index in [0.717, 1.165) is 25.9 Å². The minimum atomic E-state index is 0. The topological polar surface area (TPSA) is 41.6 Å². The first kappa shape index (κ1) is 20.4. The highest BCUT2D eigenvalue weighted by Crippen LogP contribution is 2.31. The Bertz CT molecular complexity index is 506. The number of amides is 1. The van der Waals surface area contributed by atoms with E-state index in [9.17, 15) is 4.79 Å². The SMILES string of the molecule is CNC1CCN(C(=O)CCCOc2cccc(Cl)c2Cl)CC1.Cl. The van der Waals surface area contributed by atoms with Crippen molar-refractivity contribution in [1.29, 1.82) is 0 Å². The molecule has 1 N–H and O–H groups in total. The summed E-state index contributed by atoms with van der Waals surface area (Å²) in [5, 5.41) is 4.16. The predicted octanol–water partition coefficient (Wildman–Crippen LogP) is 3.78. The van der Waals surface area contributed by atoms with Crippen LogP contribution in [0.2, 0.25) is 10.0 Å². The number of nitrogens with zero attached hydrogens (tertiary/aromatic N) is 1. The van der Waals surface area contributed by atoms with Crippen LogP contribution in [-0.2, 0) is 4.79 Å². The van der Waals surface area contributed by atoms with Gasteiger partial charge in [-0.3, -0.25) is 4.79 Å². The molecule has 1 aliphatic heterocycles. The lowest BCUT2D eigenvalue weighted by molar-refractivity contribution is -0.132. The Labute approximate surface area is 153 Å². The molecule has 1 heterocycles. The Hall–Kier alpha value is -0.680. The average molecular weight is 382 g/mol. The number of hydrogen-bond donors (Lipinski definition) is 1. The second kappa shape index (κ2) is 10.2. The second-order valence-electron chi connectivity index (χ2n) is 5.45. The third-order valence-electron chi connectivity index (χ3n) is 3.96. The molecule has 0 aromatic heterocycles. The van der Waals surface area contributed by atoms with Gasteiger partial charge in [-0.05, 0) is 38.4 Å². The fourth-order valence-electron chi connectivity index (χ4n) is 2.58. The van der Waals surface area contributed by atoms with Crippen LogP contribution in [-0.4, -0.2) is 43.6 Å². The molecule has 4 nitrogen and oxygen atoms in total. The van der Waals surface area contributed by atoms with Gasteiger partial charge in [0.25, 0.3) is 0 Å². The number of ether oxygens (including phenoxy) is 1. The molecule has 1 aromatic carbocycles. The van der Waals surface area contributed by atoms with Gasteiger partial charge in [-0.15, -0.1) is 12.4 Å². The lowest BCUT2D eigenvalue weighted by atomic mass is 10.0. The van der Waals surface area contributed by atoms with Crippen LogP contribution in [0.5, 0.6) is 5.75 Å². The number of carbonyl (C=O) groups excluding carboxylic acids is 1. The number of hydrogen-bond acceptors (Lipinski definition) is 3. The quantitative estimate of drug-likeness (QED) is 0.762. The number of nitrogens with one attached hydrogen (secondary N) is 1. The van der Waals surface area contributed by atoms with Gasteiger partial charge in [-0.2, -0.15) is 0 Å². The van der Waals surface area contributed by atoms with Crippen molar-refractivity contribution in [3.63, 3.8) is 0 Å². The number of rotatable bonds is 6. The van der Waals surface area contributed by atoms with Gasteiger partial charge >= 0.3 is 0 Å². The molecule has 0 spiro atoms.